The van der Waals surface area contributed by atoms with Crippen LogP contribution < -0.4 is 4.74 Å². The molecule has 1 amide bonds. The Balaban J connectivity index is 2.43. The second-order valence-electron chi connectivity index (χ2n) is 4.28. The third kappa shape index (κ3) is 2.93. The lowest BCUT2D eigenvalue weighted by Crippen LogP contribution is -2.20. The van der Waals surface area contributed by atoms with E-state index in [1.165, 1.54) is 11.3 Å². The molecule has 0 aliphatic rings. The van der Waals surface area contributed by atoms with Crippen LogP contribution in [0.15, 0.2) is 34.5 Å². The molecule has 0 saturated heterocycles. The number of carbonyl (C=O) groups is 1. The predicted octanol–water partition coefficient (Wildman–Crippen LogP) is 3.41. The number of benzene rings is 1. The molecule has 0 spiro atoms. The van der Waals surface area contributed by atoms with E-state index in [1.807, 2.05) is 29.6 Å². The van der Waals surface area contributed by atoms with Crippen LogP contribution in [0.1, 0.15) is 9.67 Å². The molecule has 2 rings (SSSR count). The fraction of sp³-hybridized carbons (Fsp3) is 0.214. The summed E-state index contributed by atoms with van der Waals surface area (Å²) in [5, 5.41) is 1.96. The summed E-state index contributed by atoms with van der Waals surface area (Å²) in [6, 6.07) is 7.58. The number of nitrogens with zero attached hydrogens (tertiary/aromatic N) is 1. The Labute approximate surface area is 122 Å². The maximum atomic E-state index is 11.9. The summed E-state index contributed by atoms with van der Waals surface area (Å²) in [7, 11) is 5.13. The van der Waals surface area contributed by atoms with Gasteiger partial charge < -0.3 is 9.64 Å². The van der Waals surface area contributed by atoms with E-state index in [0.29, 0.717) is 4.88 Å². The average Bonchev–Trinajstić information content (AvgIpc) is 2.87. The number of thiol groups is 1. The van der Waals surface area contributed by atoms with Gasteiger partial charge in [0.05, 0.1) is 12.0 Å². The highest BCUT2D eigenvalue weighted by Gasteiger charge is 2.14. The van der Waals surface area contributed by atoms with E-state index in [2.05, 4.69) is 12.6 Å². The lowest BCUT2D eigenvalue weighted by atomic mass is 10.1. The third-order valence-corrected chi connectivity index (χ3v) is 3.91. The molecule has 2 aromatic rings. The number of hydrogen-bond acceptors (Lipinski definition) is 4. The van der Waals surface area contributed by atoms with Crippen molar-refractivity contribution in [2.24, 2.45) is 0 Å². The molecule has 3 nitrogen and oxygen atoms in total. The monoisotopic (exact) mass is 293 g/mol. The number of amides is 1. The lowest BCUT2D eigenvalue weighted by Gasteiger charge is -2.08. The molecule has 0 radical (unpaired) electrons. The number of carbonyl (C=O) groups excluding carboxylic acids is 1. The summed E-state index contributed by atoms with van der Waals surface area (Å²) in [6.07, 6.45) is 0. The van der Waals surface area contributed by atoms with Crippen LogP contribution in [-0.4, -0.2) is 32.0 Å². The summed E-state index contributed by atoms with van der Waals surface area (Å²) >= 11 is 5.78. The van der Waals surface area contributed by atoms with Crippen LogP contribution >= 0.6 is 24.0 Å². The van der Waals surface area contributed by atoms with Crippen LogP contribution in [0.5, 0.6) is 5.75 Å². The van der Waals surface area contributed by atoms with Crippen LogP contribution in [0.2, 0.25) is 0 Å². The first-order valence-corrected chi connectivity index (χ1v) is 7.03. The van der Waals surface area contributed by atoms with E-state index in [-0.39, 0.29) is 5.91 Å². The predicted molar refractivity (Wildman–Crippen MR) is 81.6 cm³/mol. The molecule has 0 N–H and O–H groups in total. The smallest absolute Gasteiger partial charge is 0.263 e. The van der Waals surface area contributed by atoms with Gasteiger partial charge in [-0.2, -0.15) is 0 Å². The molecule has 19 heavy (non-hydrogen) atoms. The summed E-state index contributed by atoms with van der Waals surface area (Å²) in [6.45, 7) is 0. The molecule has 5 heteroatoms. The summed E-state index contributed by atoms with van der Waals surface area (Å²) in [5.74, 6) is 0.789. The molecule has 0 fully saturated rings. The number of rotatable bonds is 3. The van der Waals surface area contributed by atoms with Gasteiger partial charge in [0.1, 0.15) is 5.75 Å². The molecule has 0 aliphatic heterocycles. The largest absolute Gasteiger partial charge is 0.496 e. The Morgan fingerprint density at radius 3 is 2.68 bits per heavy atom. The zero-order valence-corrected chi connectivity index (χ0v) is 12.7. The Morgan fingerprint density at radius 2 is 2.05 bits per heavy atom. The SMILES string of the molecule is COc1ccc(S)cc1-c1csc(C(=O)N(C)C)c1. The molecule has 1 aromatic carbocycles. The third-order valence-electron chi connectivity index (χ3n) is 2.71. The average molecular weight is 293 g/mol. The quantitative estimate of drug-likeness (QED) is 0.879. The molecule has 100 valence electrons. The lowest BCUT2D eigenvalue weighted by molar-refractivity contribution is 0.0832. The molecular formula is C14H15NO2S2. The van der Waals surface area contributed by atoms with E-state index in [4.69, 9.17) is 4.74 Å². The van der Waals surface area contributed by atoms with Gasteiger partial charge in [0.15, 0.2) is 0 Å². The van der Waals surface area contributed by atoms with Crippen molar-refractivity contribution in [2.45, 2.75) is 4.90 Å². The maximum Gasteiger partial charge on any atom is 0.263 e. The molecule has 0 bridgehead atoms. The van der Waals surface area contributed by atoms with Crippen LogP contribution in [0.4, 0.5) is 0 Å². The van der Waals surface area contributed by atoms with Gasteiger partial charge in [0, 0.05) is 24.6 Å². The van der Waals surface area contributed by atoms with Gasteiger partial charge in [-0.3, -0.25) is 4.79 Å². The molecule has 0 atom stereocenters. The highest BCUT2D eigenvalue weighted by molar-refractivity contribution is 7.80. The van der Waals surface area contributed by atoms with Crippen LogP contribution in [0.3, 0.4) is 0 Å². The first-order valence-electron chi connectivity index (χ1n) is 5.70. The number of hydrogen-bond donors (Lipinski definition) is 1. The van der Waals surface area contributed by atoms with Gasteiger partial charge in [-0.15, -0.1) is 24.0 Å². The summed E-state index contributed by atoms with van der Waals surface area (Å²) < 4.78 is 5.35. The van der Waals surface area contributed by atoms with Gasteiger partial charge in [0.2, 0.25) is 0 Å². The van der Waals surface area contributed by atoms with Crippen molar-refractivity contribution in [3.63, 3.8) is 0 Å². The Morgan fingerprint density at radius 1 is 1.32 bits per heavy atom. The first kappa shape index (κ1) is 14.0. The fourth-order valence-corrected chi connectivity index (χ4v) is 2.86. The van der Waals surface area contributed by atoms with Crippen molar-refractivity contribution in [3.8, 4) is 16.9 Å². The molecule has 0 saturated carbocycles. The zero-order valence-electron chi connectivity index (χ0n) is 11.0. The fourth-order valence-electron chi connectivity index (χ4n) is 1.73. The molecule has 0 aliphatic carbocycles. The second kappa shape index (κ2) is 5.67. The van der Waals surface area contributed by atoms with Crippen molar-refractivity contribution < 1.29 is 9.53 Å². The molecule has 1 heterocycles. The number of thiophene rings is 1. The Bertz CT molecular complexity index is 605. The highest BCUT2D eigenvalue weighted by atomic mass is 32.1. The van der Waals surface area contributed by atoms with Gasteiger partial charge in [-0.25, -0.2) is 0 Å². The molecule has 0 unspecified atom stereocenters. The van der Waals surface area contributed by atoms with E-state index in [9.17, 15) is 4.79 Å². The van der Waals surface area contributed by atoms with Crippen LogP contribution in [-0.2, 0) is 0 Å². The standard InChI is InChI=1S/C14H15NO2S2/c1-15(2)14(16)13-6-9(8-19-13)11-7-10(18)4-5-12(11)17-3/h4-8,18H,1-3H3. The first-order chi connectivity index (χ1) is 9.02. The van der Waals surface area contributed by atoms with E-state index >= 15 is 0 Å². The normalized spacial score (nSPS) is 10.3. The van der Waals surface area contributed by atoms with Crippen LogP contribution in [0.25, 0.3) is 11.1 Å². The zero-order chi connectivity index (χ0) is 14.0. The molecular weight excluding hydrogens is 278 g/mol. The van der Waals surface area contributed by atoms with Gasteiger partial charge >= 0.3 is 0 Å². The van der Waals surface area contributed by atoms with E-state index in [1.54, 1.807) is 26.1 Å². The summed E-state index contributed by atoms with van der Waals surface area (Å²) in [5.41, 5.74) is 1.92. The van der Waals surface area contributed by atoms with Gasteiger partial charge in [-0.1, -0.05) is 0 Å². The number of methoxy groups -OCH3 is 1. The van der Waals surface area contributed by atoms with Crippen molar-refractivity contribution >= 4 is 29.9 Å². The van der Waals surface area contributed by atoms with Crippen molar-refractivity contribution in [1.82, 2.24) is 4.90 Å². The number of ether oxygens (including phenoxy) is 1. The topological polar surface area (TPSA) is 29.5 Å². The van der Waals surface area contributed by atoms with Crippen molar-refractivity contribution in [1.29, 1.82) is 0 Å². The maximum absolute atomic E-state index is 11.9. The minimum atomic E-state index is 0.0113. The minimum absolute atomic E-state index is 0.0113. The van der Waals surface area contributed by atoms with E-state index in [0.717, 1.165) is 21.8 Å². The highest BCUT2D eigenvalue weighted by Crippen LogP contribution is 2.34. The van der Waals surface area contributed by atoms with Gasteiger partial charge in [0.25, 0.3) is 5.91 Å². The Hall–Kier alpha value is -1.46. The second-order valence-corrected chi connectivity index (χ2v) is 5.71. The molecule has 1 aromatic heterocycles. The van der Waals surface area contributed by atoms with Crippen molar-refractivity contribution in [3.05, 3.63) is 34.5 Å². The van der Waals surface area contributed by atoms with Crippen LogP contribution in [0, 0.1) is 0 Å². The van der Waals surface area contributed by atoms with E-state index < -0.39 is 0 Å². The minimum Gasteiger partial charge on any atom is -0.496 e. The van der Waals surface area contributed by atoms with Gasteiger partial charge in [-0.05, 0) is 35.2 Å². The Kier molecular flexibility index (Phi) is 4.17. The van der Waals surface area contributed by atoms with Crippen molar-refractivity contribution in [2.75, 3.05) is 21.2 Å². The summed E-state index contributed by atoms with van der Waals surface area (Å²) in [4.78, 5) is 15.0.